The zero-order valence-electron chi connectivity index (χ0n) is 18.4. The van der Waals surface area contributed by atoms with Crippen LogP contribution in [0.15, 0.2) is 97.5 Å². The molecule has 0 aliphatic rings. The van der Waals surface area contributed by atoms with Gasteiger partial charge in [0.15, 0.2) is 5.69 Å². The SMILES string of the molecule is [C-]#[N+]c1ccc2nccc(Nc3ccc(C(=O)Nc4cccc(Nc5ccnnc5)c4)cc3)c2c1. The van der Waals surface area contributed by atoms with Gasteiger partial charge in [0, 0.05) is 39.9 Å². The Labute approximate surface area is 201 Å². The number of rotatable bonds is 6. The quantitative estimate of drug-likeness (QED) is 0.258. The van der Waals surface area contributed by atoms with Crippen molar-refractivity contribution in [3.63, 3.8) is 0 Å². The Bertz CT molecular complexity index is 1540. The number of pyridine rings is 1. The molecule has 8 nitrogen and oxygen atoms in total. The van der Waals surface area contributed by atoms with Crippen LogP contribution in [0, 0.1) is 6.57 Å². The highest BCUT2D eigenvalue weighted by atomic mass is 16.1. The molecule has 0 saturated heterocycles. The molecule has 2 heterocycles. The van der Waals surface area contributed by atoms with Gasteiger partial charge in [-0.05, 0) is 66.7 Å². The van der Waals surface area contributed by atoms with Crippen molar-refractivity contribution in [3.8, 4) is 0 Å². The van der Waals surface area contributed by atoms with E-state index in [0.717, 1.165) is 33.7 Å². The molecule has 0 aliphatic carbocycles. The number of hydrogen-bond donors (Lipinski definition) is 3. The monoisotopic (exact) mass is 457 g/mol. The molecule has 0 fully saturated rings. The third kappa shape index (κ3) is 5.05. The van der Waals surface area contributed by atoms with Gasteiger partial charge in [-0.1, -0.05) is 12.1 Å². The van der Waals surface area contributed by atoms with Gasteiger partial charge in [0.25, 0.3) is 5.91 Å². The van der Waals surface area contributed by atoms with E-state index in [4.69, 9.17) is 6.57 Å². The van der Waals surface area contributed by atoms with Crippen LogP contribution in [0.1, 0.15) is 10.4 Å². The number of fused-ring (bicyclic) bond motifs is 1. The number of anilines is 5. The first kappa shape index (κ1) is 21.6. The Balaban J connectivity index is 1.28. The van der Waals surface area contributed by atoms with Crippen LogP contribution < -0.4 is 16.0 Å². The molecule has 1 amide bonds. The van der Waals surface area contributed by atoms with E-state index in [0.29, 0.717) is 16.9 Å². The Morgan fingerprint density at radius 2 is 1.63 bits per heavy atom. The lowest BCUT2D eigenvalue weighted by atomic mass is 10.1. The molecule has 0 saturated carbocycles. The van der Waals surface area contributed by atoms with Crippen LogP contribution in [0.3, 0.4) is 0 Å². The Morgan fingerprint density at radius 3 is 2.43 bits per heavy atom. The first-order valence-corrected chi connectivity index (χ1v) is 10.8. The van der Waals surface area contributed by atoms with Gasteiger partial charge in [-0.25, -0.2) is 4.85 Å². The summed E-state index contributed by atoms with van der Waals surface area (Å²) in [5.74, 6) is -0.213. The van der Waals surface area contributed by atoms with Gasteiger partial charge in [0.2, 0.25) is 0 Å². The van der Waals surface area contributed by atoms with E-state index in [1.165, 1.54) is 0 Å². The number of carbonyl (C=O) groups is 1. The maximum absolute atomic E-state index is 12.8. The average Bonchev–Trinajstić information content (AvgIpc) is 2.90. The first-order valence-electron chi connectivity index (χ1n) is 10.8. The lowest BCUT2D eigenvalue weighted by molar-refractivity contribution is 0.102. The van der Waals surface area contributed by atoms with E-state index in [1.54, 1.807) is 36.8 Å². The Morgan fingerprint density at radius 1 is 0.771 bits per heavy atom. The lowest BCUT2D eigenvalue weighted by Crippen LogP contribution is -2.11. The highest BCUT2D eigenvalue weighted by molar-refractivity contribution is 6.04. The van der Waals surface area contributed by atoms with Crippen LogP contribution in [0.25, 0.3) is 15.7 Å². The van der Waals surface area contributed by atoms with Crippen molar-refractivity contribution in [2.45, 2.75) is 0 Å². The van der Waals surface area contributed by atoms with Crippen LogP contribution in [0.5, 0.6) is 0 Å². The van der Waals surface area contributed by atoms with Gasteiger partial charge in [0.1, 0.15) is 0 Å². The number of aromatic nitrogens is 3. The summed E-state index contributed by atoms with van der Waals surface area (Å²) in [5.41, 5.74) is 5.84. The van der Waals surface area contributed by atoms with Crippen molar-refractivity contribution < 1.29 is 4.79 Å². The number of nitrogens with one attached hydrogen (secondary N) is 3. The lowest BCUT2D eigenvalue weighted by Gasteiger charge is -2.11. The molecule has 5 aromatic rings. The first-order chi connectivity index (χ1) is 17.2. The van der Waals surface area contributed by atoms with Crippen LogP contribution >= 0.6 is 0 Å². The second-order valence-electron chi connectivity index (χ2n) is 7.67. The number of carbonyl (C=O) groups excluding carboxylic acids is 1. The molecule has 2 aromatic heterocycles. The van der Waals surface area contributed by atoms with Crippen molar-refractivity contribution in [1.82, 2.24) is 15.2 Å². The third-order valence-electron chi connectivity index (χ3n) is 5.27. The van der Waals surface area contributed by atoms with Gasteiger partial charge in [0.05, 0.1) is 30.2 Å². The predicted molar refractivity (Wildman–Crippen MR) is 137 cm³/mol. The summed E-state index contributed by atoms with van der Waals surface area (Å²) in [6, 6.07) is 23.7. The van der Waals surface area contributed by atoms with E-state index in [-0.39, 0.29) is 5.91 Å². The van der Waals surface area contributed by atoms with Crippen molar-refractivity contribution in [2.75, 3.05) is 16.0 Å². The average molecular weight is 457 g/mol. The van der Waals surface area contributed by atoms with Gasteiger partial charge in [-0.15, -0.1) is 0 Å². The normalized spacial score (nSPS) is 10.4. The molecule has 8 heteroatoms. The minimum absolute atomic E-state index is 0.213. The zero-order valence-corrected chi connectivity index (χ0v) is 18.4. The number of benzene rings is 3. The van der Waals surface area contributed by atoms with Gasteiger partial charge in [-0.2, -0.15) is 10.2 Å². The van der Waals surface area contributed by atoms with Gasteiger partial charge >= 0.3 is 0 Å². The molecule has 5 rings (SSSR count). The molecule has 168 valence electrons. The minimum Gasteiger partial charge on any atom is -0.355 e. The standard InChI is InChI=1S/C27H19N7O/c1-28-20-9-10-25-24(16-20)26(12-13-29-25)33-19-7-5-18(6-8-19)27(35)34-22-4-2-3-21(15-22)32-23-11-14-30-31-17-23/h2-17H,(H,29,33)(H,30,32)(H,34,35). The van der Waals surface area contributed by atoms with E-state index < -0.39 is 0 Å². The Hall–Kier alpha value is -5.29. The fourth-order valence-corrected chi connectivity index (χ4v) is 3.58. The van der Waals surface area contributed by atoms with Crippen LogP contribution in [0.4, 0.5) is 34.1 Å². The van der Waals surface area contributed by atoms with E-state index >= 15 is 0 Å². The van der Waals surface area contributed by atoms with E-state index in [1.807, 2.05) is 60.7 Å². The molecule has 0 radical (unpaired) electrons. The molecule has 0 bridgehead atoms. The maximum atomic E-state index is 12.8. The van der Waals surface area contributed by atoms with Crippen LogP contribution in [-0.4, -0.2) is 21.1 Å². The molecule has 0 atom stereocenters. The smallest absolute Gasteiger partial charge is 0.255 e. The highest BCUT2D eigenvalue weighted by Gasteiger charge is 2.08. The highest BCUT2D eigenvalue weighted by Crippen LogP contribution is 2.29. The molecule has 3 aromatic carbocycles. The van der Waals surface area contributed by atoms with Crippen molar-refractivity contribution in [1.29, 1.82) is 0 Å². The number of amides is 1. The summed E-state index contributed by atoms with van der Waals surface area (Å²) < 4.78 is 0. The second-order valence-corrected chi connectivity index (χ2v) is 7.67. The van der Waals surface area contributed by atoms with Gasteiger partial charge in [-0.3, -0.25) is 9.78 Å². The minimum atomic E-state index is -0.213. The van der Waals surface area contributed by atoms with Crippen LogP contribution in [0.2, 0.25) is 0 Å². The zero-order chi connectivity index (χ0) is 24.0. The summed E-state index contributed by atoms with van der Waals surface area (Å²) in [6.45, 7) is 7.26. The fraction of sp³-hybridized carbons (Fsp3) is 0. The third-order valence-corrected chi connectivity index (χ3v) is 5.27. The summed E-state index contributed by atoms with van der Waals surface area (Å²) in [6.07, 6.45) is 4.95. The maximum Gasteiger partial charge on any atom is 0.255 e. The summed E-state index contributed by atoms with van der Waals surface area (Å²) in [5, 5.41) is 18.0. The second kappa shape index (κ2) is 9.68. The Kier molecular flexibility index (Phi) is 5.96. The van der Waals surface area contributed by atoms with E-state index in [2.05, 4.69) is 36.0 Å². The molecule has 0 spiro atoms. The molecule has 3 N–H and O–H groups in total. The number of nitrogens with zero attached hydrogens (tertiary/aromatic N) is 4. The molecule has 0 aliphatic heterocycles. The van der Waals surface area contributed by atoms with Crippen LogP contribution in [-0.2, 0) is 0 Å². The van der Waals surface area contributed by atoms with Crippen molar-refractivity contribution in [3.05, 3.63) is 114 Å². The summed E-state index contributed by atoms with van der Waals surface area (Å²) >= 11 is 0. The molecular weight excluding hydrogens is 438 g/mol. The van der Waals surface area contributed by atoms with Gasteiger partial charge < -0.3 is 16.0 Å². The molecule has 35 heavy (non-hydrogen) atoms. The largest absolute Gasteiger partial charge is 0.355 e. The topological polar surface area (TPSA) is 96.2 Å². The molecule has 0 unspecified atom stereocenters. The number of hydrogen-bond acceptors (Lipinski definition) is 6. The molecular formula is C27H19N7O. The fourth-order valence-electron chi connectivity index (χ4n) is 3.58. The van der Waals surface area contributed by atoms with Crippen molar-refractivity contribution in [2.24, 2.45) is 0 Å². The summed E-state index contributed by atoms with van der Waals surface area (Å²) in [4.78, 5) is 20.7. The summed E-state index contributed by atoms with van der Waals surface area (Å²) in [7, 11) is 0. The van der Waals surface area contributed by atoms with E-state index in [9.17, 15) is 4.79 Å². The predicted octanol–water partition coefficient (Wildman–Crippen LogP) is 6.32. The van der Waals surface area contributed by atoms with Crippen molar-refractivity contribution >= 4 is 50.9 Å².